The van der Waals surface area contributed by atoms with Gasteiger partial charge in [-0.15, -0.1) is 0 Å². The first kappa shape index (κ1) is 10.9. The fraction of sp³-hybridized carbons (Fsp3) is 1.00. The molecule has 4 nitrogen and oxygen atoms in total. The Hall–Kier alpha value is -0.160. The maximum Gasteiger partial charge on any atom is 0.104 e. The Morgan fingerprint density at radius 2 is 1.92 bits per heavy atom. The maximum atomic E-state index is 9.33. The Labute approximate surface area is 80.3 Å². The summed E-state index contributed by atoms with van der Waals surface area (Å²) in [6.45, 7) is 7.60. The van der Waals surface area contributed by atoms with Gasteiger partial charge in [0.2, 0.25) is 0 Å². The summed E-state index contributed by atoms with van der Waals surface area (Å²) in [5.74, 6) is 5.71. The van der Waals surface area contributed by atoms with Gasteiger partial charge in [-0.1, -0.05) is 13.8 Å². The summed E-state index contributed by atoms with van der Waals surface area (Å²) in [5, 5.41) is 11.2. The number of hydrogen-bond acceptors (Lipinski definition) is 4. The minimum Gasteiger partial charge on any atom is -0.379 e. The van der Waals surface area contributed by atoms with Crippen molar-refractivity contribution in [1.82, 2.24) is 9.91 Å². The molecule has 1 saturated heterocycles. The van der Waals surface area contributed by atoms with Gasteiger partial charge >= 0.3 is 0 Å². The highest BCUT2D eigenvalue weighted by Crippen LogP contribution is 2.35. The molecule has 0 radical (unpaired) electrons. The van der Waals surface area contributed by atoms with Crippen molar-refractivity contribution in [2.75, 3.05) is 13.1 Å². The monoisotopic (exact) mass is 187 g/mol. The van der Waals surface area contributed by atoms with Gasteiger partial charge in [0.15, 0.2) is 0 Å². The number of nitrogens with two attached hydrogens (primary N) is 1. The van der Waals surface area contributed by atoms with Crippen LogP contribution in [0.4, 0.5) is 0 Å². The van der Waals surface area contributed by atoms with Gasteiger partial charge in [0.1, 0.15) is 6.23 Å². The van der Waals surface area contributed by atoms with Crippen LogP contribution in [0.15, 0.2) is 0 Å². The summed E-state index contributed by atoms with van der Waals surface area (Å²) in [4.78, 5) is 2.12. The van der Waals surface area contributed by atoms with Crippen LogP contribution in [0, 0.1) is 0 Å². The molecule has 3 N–H and O–H groups in total. The lowest BCUT2D eigenvalue weighted by molar-refractivity contribution is -0.0171. The molecule has 13 heavy (non-hydrogen) atoms. The van der Waals surface area contributed by atoms with Crippen LogP contribution in [0.25, 0.3) is 0 Å². The number of aliphatic hydroxyl groups excluding tert-OH is 1. The third-order valence-corrected chi connectivity index (χ3v) is 2.67. The average Bonchev–Trinajstić information content (AvgIpc) is 2.88. The fourth-order valence-corrected chi connectivity index (χ4v) is 1.91. The van der Waals surface area contributed by atoms with Crippen molar-refractivity contribution in [2.45, 2.75) is 45.5 Å². The zero-order valence-electron chi connectivity index (χ0n) is 8.77. The average molecular weight is 187 g/mol. The second-order valence-electron chi connectivity index (χ2n) is 3.48. The number of fused-ring (bicyclic) bond motifs is 1. The van der Waals surface area contributed by atoms with Crippen LogP contribution >= 0.6 is 0 Å². The fourth-order valence-electron chi connectivity index (χ4n) is 1.91. The molecule has 78 valence electrons. The van der Waals surface area contributed by atoms with E-state index < -0.39 is 0 Å². The van der Waals surface area contributed by atoms with Gasteiger partial charge in [0, 0.05) is 25.2 Å². The quantitative estimate of drug-likeness (QED) is 0.567. The van der Waals surface area contributed by atoms with Crippen LogP contribution in [0.2, 0.25) is 0 Å². The van der Waals surface area contributed by atoms with Crippen molar-refractivity contribution >= 4 is 0 Å². The zero-order chi connectivity index (χ0) is 10.0. The molecule has 1 aliphatic carbocycles. The SMILES string of the molecule is CC.CC(O)N1CCN(N)C2CC21. The van der Waals surface area contributed by atoms with E-state index in [4.69, 9.17) is 5.84 Å². The molecule has 1 heterocycles. The van der Waals surface area contributed by atoms with E-state index in [1.807, 2.05) is 25.8 Å². The Morgan fingerprint density at radius 1 is 1.31 bits per heavy atom. The van der Waals surface area contributed by atoms with Crippen LogP contribution in [0.1, 0.15) is 27.2 Å². The van der Waals surface area contributed by atoms with Crippen LogP contribution in [0.5, 0.6) is 0 Å². The maximum absolute atomic E-state index is 9.33. The highest BCUT2D eigenvalue weighted by Gasteiger charge is 2.48. The standard InChI is InChI=1S/C7H15N3O.C2H6/c1-5(11)9-2-3-10(8)7-4-6(7)9;1-2/h5-7,11H,2-4,8H2,1H3;1-2H3. The van der Waals surface area contributed by atoms with Crippen LogP contribution < -0.4 is 5.84 Å². The second-order valence-corrected chi connectivity index (χ2v) is 3.48. The van der Waals surface area contributed by atoms with Crippen LogP contribution in [0.3, 0.4) is 0 Å². The topological polar surface area (TPSA) is 52.7 Å². The Bertz CT molecular complexity index is 163. The molecule has 2 rings (SSSR count). The normalized spacial score (nSPS) is 35.8. The summed E-state index contributed by atoms with van der Waals surface area (Å²) in [7, 11) is 0. The number of rotatable bonds is 1. The lowest BCUT2D eigenvalue weighted by Gasteiger charge is -2.33. The molecule has 1 aliphatic heterocycles. The molecule has 3 atom stereocenters. The first-order chi connectivity index (χ1) is 6.20. The van der Waals surface area contributed by atoms with Gasteiger partial charge < -0.3 is 5.11 Å². The summed E-state index contributed by atoms with van der Waals surface area (Å²) in [6, 6.07) is 1.03. The van der Waals surface area contributed by atoms with Crippen molar-refractivity contribution in [3.05, 3.63) is 0 Å². The summed E-state index contributed by atoms with van der Waals surface area (Å²) in [6.07, 6.45) is 0.820. The molecule has 1 saturated carbocycles. The summed E-state index contributed by atoms with van der Waals surface area (Å²) in [5.41, 5.74) is 0. The predicted octanol–water partition coefficient (Wildman–Crippen LogP) is -0.0169. The van der Waals surface area contributed by atoms with Gasteiger partial charge in [-0.3, -0.25) is 10.7 Å². The van der Waals surface area contributed by atoms with Crippen molar-refractivity contribution in [3.8, 4) is 0 Å². The zero-order valence-corrected chi connectivity index (χ0v) is 8.77. The van der Waals surface area contributed by atoms with Gasteiger partial charge in [0.25, 0.3) is 0 Å². The van der Waals surface area contributed by atoms with Crippen molar-refractivity contribution < 1.29 is 5.11 Å². The van der Waals surface area contributed by atoms with Gasteiger partial charge in [-0.05, 0) is 13.3 Å². The van der Waals surface area contributed by atoms with E-state index in [0.29, 0.717) is 12.1 Å². The highest BCUT2D eigenvalue weighted by atomic mass is 16.3. The van der Waals surface area contributed by atoms with Gasteiger partial charge in [-0.2, -0.15) is 0 Å². The van der Waals surface area contributed by atoms with E-state index in [-0.39, 0.29) is 6.23 Å². The van der Waals surface area contributed by atoms with E-state index in [0.717, 1.165) is 19.5 Å². The van der Waals surface area contributed by atoms with Gasteiger partial charge in [-0.25, -0.2) is 5.01 Å². The molecule has 0 amide bonds. The van der Waals surface area contributed by atoms with E-state index in [9.17, 15) is 5.11 Å². The molecular weight excluding hydrogens is 166 g/mol. The Balaban J connectivity index is 0.000000396. The highest BCUT2D eigenvalue weighted by molar-refractivity contribution is 5.04. The molecule has 0 aromatic heterocycles. The first-order valence-electron chi connectivity index (χ1n) is 5.15. The van der Waals surface area contributed by atoms with E-state index >= 15 is 0 Å². The lowest BCUT2D eigenvalue weighted by atomic mass is 10.3. The third kappa shape index (κ3) is 2.20. The lowest BCUT2D eigenvalue weighted by Crippen LogP contribution is -2.51. The largest absolute Gasteiger partial charge is 0.379 e. The smallest absolute Gasteiger partial charge is 0.104 e. The summed E-state index contributed by atoms with van der Waals surface area (Å²) < 4.78 is 0. The third-order valence-electron chi connectivity index (χ3n) is 2.67. The molecular formula is C9H21N3O. The molecule has 0 aromatic rings. The molecule has 2 aliphatic rings. The van der Waals surface area contributed by atoms with Crippen LogP contribution in [-0.4, -0.2) is 46.4 Å². The minimum atomic E-state index is -0.307. The molecule has 0 spiro atoms. The van der Waals surface area contributed by atoms with Crippen molar-refractivity contribution in [1.29, 1.82) is 0 Å². The van der Waals surface area contributed by atoms with E-state index in [1.165, 1.54) is 0 Å². The van der Waals surface area contributed by atoms with Crippen LogP contribution in [-0.2, 0) is 0 Å². The van der Waals surface area contributed by atoms with Gasteiger partial charge in [0.05, 0.1) is 0 Å². The van der Waals surface area contributed by atoms with E-state index in [1.54, 1.807) is 0 Å². The second kappa shape index (κ2) is 4.37. The molecule has 3 unspecified atom stereocenters. The number of hydrazine groups is 1. The summed E-state index contributed by atoms with van der Waals surface area (Å²) >= 11 is 0. The van der Waals surface area contributed by atoms with Crippen molar-refractivity contribution in [3.63, 3.8) is 0 Å². The number of aliphatic hydroxyl groups is 1. The first-order valence-corrected chi connectivity index (χ1v) is 5.15. The number of hydrogen-bond donors (Lipinski definition) is 2. The Kier molecular flexibility index (Phi) is 3.67. The molecule has 4 heteroatoms. The number of nitrogens with zero attached hydrogens (tertiary/aromatic N) is 2. The van der Waals surface area contributed by atoms with E-state index in [2.05, 4.69) is 4.90 Å². The number of piperazine rings is 1. The van der Waals surface area contributed by atoms with Crippen molar-refractivity contribution in [2.24, 2.45) is 5.84 Å². The molecule has 2 fully saturated rings. The predicted molar refractivity (Wildman–Crippen MR) is 52.8 cm³/mol. The molecule has 0 aromatic carbocycles. The minimum absolute atomic E-state index is 0.307. The molecule has 0 bridgehead atoms. The Morgan fingerprint density at radius 3 is 2.46 bits per heavy atom.